The number of aromatic nitrogens is 1. The van der Waals surface area contributed by atoms with Crippen LogP contribution < -0.4 is 0 Å². The molecule has 0 saturated carbocycles. The molecule has 1 rings (SSSR count). The Morgan fingerprint density at radius 1 is 1.53 bits per heavy atom. The van der Waals surface area contributed by atoms with Gasteiger partial charge in [-0.15, -0.1) is 0 Å². The third-order valence-corrected chi connectivity index (χ3v) is 2.76. The van der Waals surface area contributed by atoms with Gasteiger partial charge in [-0.1, -0.05) is 6.07 Å². The summed E-state index contributed by atoms with van der Waals surface area (Å²) in [6, 6.07) is 5.84. The van der Waals surface area contributed by atoms with Crippen LogP contribution in [0.4, 0.5) is 0 Å². The number of nitrogens with zero attached hydrogens (tertiary/aromatic N) is 2. The minimum atomic E-state index is -0.518. The van der Waals surface area contributed by atoms with Crippen molar-refractivity contribution in [3.8, 4) is 6.07 Å². The number of carbonyl (C=O) groups is 1. The predicted molar refractivity (Wildman–Crippen MR) is 75.2 cm³/mol. The summed E-state index contributed by atoms with van der Waals surface area (Å²) in [5.74, 6) is -0.734. The zero-order valence-corrected chi connectivity index (χ0v) is 12.9. The molecule has 0 radical (unpaired) electrons. The van der Waals surface area contributed by atoms with Crippen LogP contribution in [0.25, 0.3) is 0 Å². The molecule has 0 aliphatic carbocycles. The van der Waals surface area contributed by atoms with E-state index in [0.717, 1.165) is 10.2 Å². The number of ether oxygens (including phenoxy) is 1. The molecule has 0 aromatic carbocycles. The summed E-state index contributed by atoms with van der Waals surface area (Å²) >= 11 is 3.25. The number of hydrogen-bond donors (Lipinski definition) is 0. The Bertz CT molecular complexity index is 472. The van der Waals surface area contributed by atoms with E-state index in [0.29, 0.717) is 6.42 Å². The first-order valence-electron chi connectivity index (χ1n) is 6.02. The van der Waals surface area contributed by atoms with Crippen molar-refractivity contribution in [2.24, 2.45) is 5.92 Å². The molecule has 4 nitrogen and oxygen atoms in total. The van der Waals surface area contributed by atoms with E-state index < -0.39 is 11.5 Å². The number of hydrogen-bond acceptors (Lipinski definition) is 4. The van der Waals surface area contributed by atoms with Gasteiger partial charge in [0.2, 0.25) is 0 Å². The maximum Gasteiger partial charge on any atom is 0.307 e. The molecule has 1 aromatic rings. The fourth-order valence-corrected chi connectivity index (χ4v) is 1.79. The number of halogens is 1. The van der Waals surface area contributed by atoms with E-state index in [-0.39, 0.29) is 12.4 Å². The Morgan fingerprint density at radius 2 is 2.21 bits per heavy atom. The van der Waals surface area contributed by atoms with E-state index in [2.05, 4.69) is 27.0 Å². The standard InChI is InChI=1S/C14H17BrN2O2/c1-14(2,3)19-13(18)7-11(8-16)6-10-4-5-12(15)17-9-10/h4-5,9,11H,6-7H2,1-3H3/t11-/m0/s1. The monoisotopic (exact) mass is 324 g/mol. The van der Waals surface area contributed by atoms with Gasteiger partial charge in [-0.3, -0.25) is 4.79 Å². The van der Waals surface area contributed by atoms with Crippen molar-refractivity contribution >= 4 is 21.9 Å². The van der Waals surface area contributed by atoms with Crippen LogP contribution >= 0.6 is 15.9 Å². The molecular weight excluding hydrogens is 308 g/mol. The van der Waals surface area contributed by atoms with Crippen molar-refractivity contribution in [2.75, 3.05) is 0 Å². The molecule has 0 aliphatic heterocycles. The Labute approximate surface area is 121 Å². The van der Waals surface area contributed by atoms with Gasteiger partial charge in [0.05, 0.1) is 18.4 Å². The van der Waals surface area contributed by atoms with E-state index in [1.165, 1.54) is 0 Å². The Balaban J connectivity index is 2.57. The molecule has 5 heteroatoms. The van der Waals surface area contributed by atoms with Gasteiger partial charge in [-0.2, -0.15) is 5.26 Å². The third-order valence-electron chi connectivity index (χ3n) is 2.29. The maximum absolute atomic E-state index is 11.7. The predicted octanol–water partition coefficient (Wildman–Crippen LogP) is 3.26. The number of nitriles is 1. The fourth-order valence-electron chi connectivity index (χ4n) is 1.56. The summed E-state index contributed by atoms with van der Waals surface area (Å²) < 4.78 is 5.96. The highest BCUT2D eigenvalue weighted by Gasteiger charge is 2.20. The van der Waals surface area contributed by atoms with Crippen LogP contribution in [-0.4, -0.2) is 16.6 Å². The molecule has 102 valence electrons. The average molecular weight is 325 g/mol. The molecule has 1 heterocycles. The van der Waals surface area contributed by atoms with Crippen molar-refractivity contribution in [3.05, 3.63) is 28.5 Å². The van der Waals surface area contributed by atoms with E-state index in [1.54, 1.807) is 6.20 Å². The van der Waals surface area contributed by atoms with Crippen molar-refractivity contribution < 1.29 is 9.53 Å². The molecule has 19 heavy (non-hydrogen) atoms. The zero-order valence-electron chi connectivity index (χ0n) is 11.3. The van der Waals surface area contributed by atoms with Gasteiger partial charge in [0.15, 0.2) is 0 Å². The van der Waals surface area contributed by atoms with E-state index in [1.807, 2.05) is 32.9 Å². The molecule has 0 fully saturated rings. The van der Waals surface area contributed by atoms with Gasteiger partial charge in [-0.05, 0) is 54.8 Å². The second kappa shape index (κ2) is 6.67. The molecule has 1 atom stereocenters. The molecule has 0 bridgehead atoms. The number of pyridine rings is 1. The zero-order chi connectivity index (χ0) is 14.5. The minimum absolute atomic E-state index is 0.101. The van der Waals surface area contributed by atoms with Crippen LogP contribution in [0.2, 0.25) is 0 Å². The fraction of sp³-hybridized carbons (Fsp3) is 0.500. The van der Waals surface area contributed by atoms with Gasteiger partial charge in [-0.25, -0.2) is 4.98 Å². The third kappa shape index (κ3) is 6.35. The number of esters is 1. The second-order valence-electron chi connectivity index (χ2n) is 5.31. The number of rotatable bonds is 4. The SMILES string of the molecule is CC(C)(C)OC(=O)C[C@@H](C#N)Cc1ccc(Br)nc1. The molecule has 0 aliphatic rings. The molecule has 0 spiro atoms. The summed E-state index contributed by atoms with van der Waals surface area (Å²) in [5, 5.41) is 9.10. The molecule has 0 amide bonds. The van der Waals surface area contributed by atoms with E-state index >= 15 is 0 Å². The van der Waals surface area contributed by atoms with Crippen molar-refractivity contribution in [1.82, 2.24) is 4.98 Å². The van der Waals surface area contributed by atoms with Gasteiger partial charge in [0.1, 0.15) is 10.2 Å². The summed E-state index contributed by atoms with van der Waals surface area (Å²) in [4.78, 5) is 15.8. The summed E-state index contributed by atoms with van der Waals surface area (Å²) in [6.45, 7) is 5.43. The maximum atomic E-state index is 11.7. The summed E-state index contributed by atoms with van der Waals surface area (Å²) in [6.07, 6.45) is 2.30. The lowest BCUT2D eigenvalue weighted by Crippen LogP contribution is -2.25. The Kier molecular flexibility index (Phi) is 5.49. The highest BCUT2D eigenvalue weighted by molar-refractivity contribution is 9.10. The highest BCUT2D eigenvalue weighted by Crippen LogP contribution is 2.16. The van der Waals surface area contributed by atoms with E-state index in [9.17, 15) is 4.79 Å². The van der Waals surface area contributed by atoms with Crippen molar-refractivity contribution in [1.29, 1.82) is 5.26 Å². The van der Waals surface area contributed by atoms with Gasteiger partial charge in [0, 0.05) is 6.20 Å². The topological polar surface area (TPSA) is 63.0 Å². The van der Waals surface area contributed by atoms with E-state index in [4.69, 9.17) is 10.00 Å². The Hall–Kier alpha value is -1.41. The molecule has 0 saturated heterocycles. The molecule has 1 aromatic heterocycles. The lowest BCUT2D eigenvalue weighted by atomic mass is 9.98. The highest BCUT2D eigenvalue weighted by atomic mass is 79.9. The first-order valence-corrected chi connectivity index (χ1v) is 6.81. The van der Waals surface area contributed by atoms with Crippen LogP contribution in [0, 0.1) is 17.2 Å². The Morgan fingerprint density at radius 3 is 2.68 bits per heavy atom. The largest absolute Gasteiger partial charge is 0.460 e. The van der Waals surface area contributed by atoms with Crippen LogP contribution in [0.3, 0.4) is 0 Å². The summed E-state index contributed by atoms with van der Waals surface area (Å²) in [5.41, 5.74) is 0.411. The minimum Gasteiger partial charge on any atom is -0.460 e. The van der Waals surface area contributed by atoms with Gasteiger partial charge < -0.3 is 4.74 Å². The lowest BCUT2D eigenvalue weighted by Gasteiger charge is -2.20. The molecular formula is C14H17BrN2O2. The van der Waals surface area contributed by atoms with Gasteiger partial charge >= 0.3 is 5.97 Å². The normalized spacial score (nSPS) is 12.6. The first kappa shape index (κ1) is 15.6. The van der Waals surface area contributed by atoms with Crippen LogP contribution in [-0.2, 0) is 16.0 Å². The van der Waals surface area contributed by atoms with Crippen LogP contribution in [0.1, 0.15) is 32.8 Å². The molecule has 0 unspecified atom stereocenters. The quantitative estimate of drug-likeness (QED) is 0.630. The van der Waals surface area contributed by atoms with Crippen molar-refractivity contribution in [3.63, 3.8) is 0 Å². The lowest BCUT2D eigenvalue weighted by molar-refractivity contribution is -0.155. The average Bonchev–Trinajstić information content (AvgIpc) is 2.28. The number of carbonyl (C=O) groups excluding carboxylic acids is 1. The van der Waals surface area contributed by atoms with Crippen LogP contribution in [0.15, 0.2) is 22.9 Å². The van der Waals surface area contributed by atoms with Gasteiger partial charge in [0.25, 0.3) is 0 Å². The van der Waals surface area contributed by atoms with Crippen LogP contribution in [0.5, 0.6) is 0 Å². The molecule has 0 N–H and O–H groups in total. The second-order valence-corrected chi connectivity index (χ2v) is 6.12. The van der Waals surface area contributed by atoms with Crippen molar-refractivity contribution in [2.45, 2.75) is 39.2 Å². The smallest absolute Gasteiger partial charge is 0.307 e. The summed E-state index contributed by atoms with van der Waals surface area (Å²) in [7, 11) is 0. The first-order chi connectivity index (χ1) is 8.80.